The van der Waals surface area contributed by atoms with Gasteiger partial charge in [0.05, 0.1) is 6.10 Å². The van der Waals surface area contributed by atoms with Crippen LogP contribution in [0, 0.1) is 18.3 Å². The summed E-state index contributed by atoms with van der Waals surface area (Å²) < 4.78 is 5.44. The maximum absolute atomic E-state index is 5.44. The molecule has 1 saturated heterocycles. The van der Waals surface area contributed by atoms with Gasteiger partial charge in [0, 0.05) is 26.1 Å². The van der Waals surface area contributed by atoms with Crippen LogP contribution in [0.1, 0.15) is 19.8 Å². The van der Waals surface area contributed by atoms with Gasteiger partial charge in [-0.1, -0.05) is 0 Å². The molecule has 0 spiro atoms. The Morgan fingerprint density at radius 3 is 3.08 bits per heavy atom. The van der Waals surface area contributed by atoms with Crippen molar-refractivity contribution in [3.63, 3.8) is 0 Å². The molecule has 0 aromatic heterocycles. The second kappa shape index (κ2) is 5.18. The molecule has 0 aliphatic carbocycles. The fourth-order valence-corrected chi connectivity index (χ4v) is 1.49. The Balaban J connectivity index is 2.03. The number of hydrogen-bond donors (Lipinski definition) is 1. The van der Waals surface area contributed by atoms with Gasteiger partial charge in [0.1, 0.15) is 0 Å². The second-order valence-electron chi connectivity index (χ2n) is 3.28. The van der Waals surface area contributed by atoms with E-state index in [4.69, 9.17) is 11.2 Å². The maximum atomic E-state index is 5.44. The number of hydrogen-bond acceptors (Lipinski definition) is 2. The van der Waals surface area contributed by atoms with Crippen LogP contribution in [0.25, 0.3) is 0 Å². The van der Waals surface area contributed by atoms with Gasteiger partial charge in [0.2, 0.25) is 0 Å². The molecule has 1 heterocycles. The Hall–Kier alpha value is -0.520. The van der Waals surface area contributed by atoms with Crippen LogP contribution in [0.5, 0.6) is 0 Å². The first-order chi connectivity index (χ1) is 5.84. The second-order valence-corrected chi connectivity index (χ2v) is 3.28. The number of nitrogens with one attached hydrogen (secondary N) is 1. The minimum atomic E-state index is 0.420. The van der Waals surface area contributed by atoms with E-state index in [0.29, 0.717) is 12.0 Å². The zero-order chi connectivity index (χ0) is 8.81. The maximum Gasteiger partial charge on any atom is 0.0588 e. The summed E-state index contributed by atoms with van der Waals surface area (Å²) in [4.78, 5) is 0. The van der Waals surface area contributed by atoms with E-state index in [1.165, 1.54) is 6.42 Å². The molecule has 68 valence electrons. The molecule has 1 aliphatic rings. The first-order valence-electron chi connectivity index (χ1n) is 4.60. The van der Waals surface area contributed by atoms with Gasteiger partial charge < -0.3 is 10.1 Å². The lowest BCUT2D eigenvalue weighted by Gasteiger charge is -2.13. The highest BCUT2D eigenvalue weighted by molar-refractivity contribution is 4.84. The molecule has 2 heteroatoms. The monoisotopic (exact) mass is 167 g/mol. The van der Waals surface area contributed by atoms with E-state index in [1.54, 1.807) is 0 Å². The molecule has 1 N–H and O–H groups in total. The number of terminal acetylenes is 1. The third-order valence-electron chi connectivity index (χ3n) is 2.39. The summed E-state index contributed by atoms with van der Waals surface area (Å²) in [6.07, 6.45) is 7.56. The predicted molar refractivity (Wildman–Crippen MR) is 49.8 cm³/mol. The van der Waals surface area contributed by atoms with Crippen molar-refractivity contribution >= 4 is 0 Å². The van der Waals surface area contributed by atoms with E-state index in [0.717, 1.165) is 26.1 Å². The third kappa shape index (κ3) is 2.84. The van der Waals surface area contributed by atoms with Gasteiger partial charge in [-0.15, -0.1) is 12.3 Å². The van der Waals surface area contributed by atoms with E-state index in [1.807, 2.05) is 0 Å². The van der Waals surface area contributed by atoms with Crippen molar-refractivity contribution in [2.75, 3.05) is 19.7 Å². The van der Waals surface area contributed by atoms with E-state index in [2.05, 4.69) is 18.2 Å². The molecule has 1 fully saturated rings. The van der Waals surface area contributed by atoms with E-state index < -0.39 is 0 Å². The summed E-state index contributed by atoms with van der Waals surface area (Å²) in [5.41, 5.74) is 0. The minimum absolute atomic E-state index is 0.420. The summed E-state index contributed by atoms with van der Waals surface area (Å²) in [5, 5.41) is 3.34. The summed E-state index contributed by atoms with van der Waals surface area (Å²) in [5.74, 6) is 3.29. The fourth-order valence-electron chi connectivity index (χ4n) is 1.49. The highest BCUT2D eigenvalue weighted by Crippen LogP contribution is 2.18. The van der Waals surface area contributed by atoms with Gasteiger partial charge in [-0.3, -0.25) is 0 Å². The lowest BCUT2D eigenvalue weighted by Crippen LogP contribution is -2.27. The van der Waals surface area contributed by atoms with E-state index in [9.17, 15) is 0 Å². The molecule has 1 rings (SSSR count). The highest BCUT2D eigenvalue weighted by Gasteiger charge is 2.23. The van der Waals surface area contributed by atoms with Gasteiger partial charge in [-0.2, -0.15) is 0 Å². The molecule has 12 heavy (non-hydrogen) atoms. The van der Waals surface area contributed by atoms with Gasteiger partial charge in [-0.05, 0) is 19.3 Å². The minimum Gasteiger partial charge on any atom is -0.378 e. The Morgan fingerprint density at radius 1 is 1.67 bits per heavy atom. The smallest absolute Gasteiger partial charge is 0.0588 e. The van der Waals surface area contributed by atoms with Gasteiger partial charge in [0.25, 0.3) is 0 Å². The van der Waals surface area contributed by atoms with Crippen LogP contribution in [0.4, 0.5) is 0 Å². The Kier molecular flexibility index (Phi) is 4.13. The van der Waals surface area contributed by atoms with Crippen molar-refractivity contribution in [1.29, 1.82) is 0 Å². The topological polar surface area (TPSA) is 21.3 Å². The molecule has 2 nitrogen and oxygen atoms in total. The van der Waals surface area contributed by atoms with Gasteiger partial charge in [0.15, 0.2) is 0 Å². The van der Waals surface area contributed by atoms with E-state index in [-0.39, 0.29) is 0 Å². The van der Waals surface area contributed by atoms with Gasteiger partial charge >= 0.3 is 0 Å². The average Bonchev–Trinajstić information content (AvgIpc) is 2.46. The van der Waals surface area contributed by atoms with Crippen LogP contribution in [-0.4, -0.2) is 25.8 Å². The lowest BCUT2D eigenvalue weighted by molar-refractivity contribution is 0.105. The van der Waals surface area contributed by atoms with Crippen molar-refractivity contribution in [3.8, 4) is 12.3 Å². The van der Waals surface area contributed by atoms with Crippen LogP contribution in [-0.2, 0) is 4.74 Å². The highest BCUT2D eigenvalue weighted by atomic mass is 16.5. The molecule has 0 amide bonds. The molecule has 2 unspecified atom stereocenters. The third-order valence-corrected chi connectivity index (χ3v) is 2.39. The molecular weight excluding hydrogens is 150 g/mol. The van der Waals surface area contributed by atoms with Crippen molar-refractivity contribution in [1.82, 2.24) is 5.32 Å². The molecule has 0 bridgehead atoms. The van der Waals surface area contributed by atoms with Gasteiger partial charge in [-0.25, -0.2) is 0 Å². The molecule has 0 saturated carbocycles. The Morgan fingerprint density at radius 2 is 2.50 bits per heavy atom. The fraction of sp³-hybridized carbons (Fsp3) is 0.800. The zero-order valence-corrected chi connectivity index (χ0v) is 7.68. The molecule has 1 aliphatic heterocycles. The van der Waals surface area contributed by atoms with Crippen LogP contribution < -0.4 is 5.32 Å². The molecule has 0 aromatic carbocycles. The van der Waals surface area contributed by atoms with Crippen molar-refractivity contribution in [3.05, 3.63) is 0 Å². The predicted octanol–water partition coefficient (Wildman–Crippen LogP) is 1.02. The summed E-state index contributed by atoms with van der Waals surface area (Å²) in [6, 6.07) is 0. The van der Waals surface area contributed by atoms with Crippen molar-refractivity contribution in [2.24, 2.45) is 5.92 Å². The standard InChI is InChI=1S/C10H17NO/c1-3-4-6-11-8-10-5-7-12-9(10)2/h1,9-11H,4-8H2,2H3. The van der Waals surface area contributed by atoms with E-state index >= 15 is 0 Å². The Bertz CT molecular complexity index is 162. The van der Waals surface area contributed by atoms with Crippen molar-refractivity contribution in [2.45, 2.75) is 25.9 Å². The van der Waals surface area contributed by atoms with Crippen LogP contribution >= 0.6 is 0 Å². The molecule has 0 aromatic rings. The summed E-state index contributed by atoms with van der Waals surface area (Å²) >= 11 is 0. The first-order valence-corrected chi connectivity index (χ1v) is 4.60. The first kappa shape index (κ1) is 9.57. The van der Waals surface area contributed by atoms with Crippen LogP contribution in [0.3, 0.4) is 0 Å². The quantitative estimate of drug-likeness (QED) is 0.498. The normalized spacial score (nSPS) is 28.7. The Labute approximate surface area is 74.7 Å². The lowest BCUT2D eigenvalue weighted by atomic mass is 10.0. The SMILES string of the molecule is C#CCCNCC1CCOC1C. The molecular formula is C10H17NO. The number of rotatable bonds is 4. The van der Waals surface area contributed by atoms with Crippen LogP contribution in [0.2, 0.25) is 0 Å². The number of ether oxygens (including phenoxy) is 1. The zero-order valence-electron chi connectivity index (χ0n) is 7.68. The van der Waals surface area contributed by atoms with Crippen molar-refractivity contribution < 1.29 is 4.74 Å². The van der Waals surface area contributed by atoms with Crippen LogP contribution in [0.15, 0.2) is 0 Å². The largest absolute Gasteiger partial charge is 0.378 e. The summed E-state index contributed by atoms with van der Waals surface area (Å²) in [7, 11) is 0. The average molecular weight is 167 g/mol. The molecule has 2 atom stereocenters. The summed E-state index contributed by atoms with van der Waals surface area (Å²) in [6.45, 7) is 5.03. The molecule has 0 radical (unpaired) electrons.